The van der Waals surface area contributed by atoms with E-state index < -0.39 is 0 Å². The van der Waals surface area contributed by atoms with Crippen LogP contribution in [0, 0.1) is 0 Å². The predicted octanol–water partition coefficient (Wildman–Crippen LogP) is 18.8. The molecule has 3 nitrogen and oxygen atoms in total. The van der Waals surface area contributed by atoms with Gasteiger partial charge in [-0.1, -0.05) is 159 Å². The number of para-hydroxylation sites is 3. The van der Waals surface area contributed by atoms with Gasteiger partial charge in [-0.25, -0.2) is 0 Å². The summed E-state index contributed by atoms with van der Waals surface area (Å²) in [4.78, 5) is 2.46. The van der Waals surface area contributed by atoms with Crippen molar-refractivity contribution < 1.29 is 8.83 Å². The summed E-state index contributed by atoms with van der Waals surface area (Å²) in [6.45, 7) is 21.2. The molecule has 0 unspecified atom stereocenters. The number of anilines is 3. The first kappa shape index (κ1) is 41.4. The van der Waals surface area contributed by atoms with Gasteiger partial charge in [0.1, 0.15) is 22.3 Å². The van der Waals surface area contributed by atoms with Crippen molar-refractivity contribution in [3.8, 4) is 44.5 Å². The third kappa shape index (κ3) is 5.46. The molecular formula is C67H55NO2. The lowest BCUT2D eigenvalue weighted by Gasteiger charge is -2.29. The van der Waals surface area contributed by atoms with E-state index in [-0.39, 0.29) is 21.7 Å². The van der Waals surface area contributed by atoms with Crippen LogP contribution < -0.4 is 4.90 Å². The molecule has 2 aromatic heterocycles. The summed E-state index contributed by atoms with van der Waals surface area (Å²) in [5.74, 6) is 0. The Kier molecular flexibility index (Phi) is 8.15. The molecule has 70 heavy (non-hydrogen) atoms. The normalized spacial score (nSPS) is 15.6. The lowest BCUT2D eigenvalue weighted by atomic mass is 9.79. The van der Waals surface area contributed by atoms with Crippen LogP contribution in [0.25, 0.3) is 88.4 Å². The van der Waals surface area contributed by atoms with Gasteiger partial charge in [-0.15, -0.1) is 0 Å². The van der Waals surface area contributed by atoms with Crippen LogP contribution in [0.1, 0.15) is 101 Å². The standard InChI is InChI=1S/C67H55NO2/c1-64(2,3)39-25-23-38(24-26-39)47-35-55-59(62-46-20-14-16-22-57(46)70-63(47)62)44-30-28-42(34-52(44)67(55,8)9)68(40-17-11-10-12-18-40)41-27-29-43-48-36-54-49(37-53(48)66(6,7)51(43)33-41)60-50(65(54,4)5)31-32-58-61(60)45-19-13-15-21-56(45)69-58/h10-37H,1-9H3. The van der Waals surface area contributed by atoms with Crippen molar-refractivity contribution in [2.24, 2.45) is 0 Å². The maximum Gasteiger partial charge on any atom is 0.143 e. The average Bonchev–Trinajstić information content (AvgIpc) is 4.10. The van der Waals surface area contributed by atoms with Crippen LogP contribution >= 0.6 is 0 Å². The van der Waals surface area contributed by atoms with Crippen LogP contribution in [0.2, 0.25) is 0 Å². The maximum atomic E-state index is 6.86. The van der Waals surface area contributed by atoms with Crippen molar-refractivity contribution in [3.63, 3.8) is 0 Å². The molecule has 0 bridgehead atoms. The van der Waals surface area contributed by atoms with Crippen molar-refractivity contribution in [2.75, 3.05) is 4.90 Å². The Morgan fingerprint density at radius 3 is 1.60 bits per heavy atom. The van der Waals surface area contributed by atoms with Crippen molar-refractivity contribution >= 4 is 60.9 Å². The minimum atomic E-state index is -0.293. The van der Waals surface area contributed by atoms with Gasteiger partial charge >= 0.3 is 0 Å². The fourth-order valence-corrected chi connectivity index (χ4v) is 13.0. The molecule has 9 aromatic carbocycles. The van der Waals surface area contributed by atoms with Gasteiger partial charge in [-0.3, -0.25) is 0 Å². The van der Waals surface area contributed by atoms with E-state index in [0.717, 1.165) is 50.3 Å². The Hall–Kier alpha value is -7.62. The van der Waals surface area contributed by atoms with E-state index in [1.165, 1.54) is 94.0 Å². The molecule has 3 aliphatic carbocycles. The summed E-state index contributed by atoms with van der Waals surface area (Å²) in [6, 6.07) is 63.4. The molecule has 0 amide bonds. The highest BCUT2D eigenvalue weighted by molar-refractivity contribution is 6.19. The number of hydrogen-bond donors (Lipinski definition) is 0. The highest BCUT2D eigenvalue weighted by Crippen LogP contribution is 2.60. The number of rotatable bonds is 4. The third-order valence-electron chi connectivity index (χ3n) is 16.8. The summed E-state index contributed by atoms with van der Waals surface area (Å²) < 4.78 is 13.3. The average molecular weight is 906 g/mol. The fourth-order valence-electron chi connectivity index (χ4n) is 13.0. The zero-order valence-corrected chi connectivity index (χ0v) is 41.4. The number of hydrogen-bond acceptors (Lipinski definition) is 3. The second-order valence-electron chi connectivity index (χ2n) is 22.9. The summed E-state index contributed by atoms with van der Waals surface area (Å²) >= 11 is 0. The van der Waals surface area contributed by atoms with Gasteiger partial charge in [0, 0.05) is 60.4 Å². The van der Waals surface area contributed by atoms with Crippen LogP contribution in [0.4, 0.5) is 17.1 Å². The van der Waals surface area contributed by atoms with Gasteiger partial charge in [0.05, 0.1) is 0 Å². The molecule has 0 radical (unpaired) electrons. The molecule has 14 rings (SSSR count). The predicted molar refractivity (Wildman–Crippen MR) is 293 cm³/mol. The van der Waals surface area contributed by atoms with E-state index in [9.17, 15) is 0 Å². The number of benzene rings is 9. The molecule has 340 valence electrons. The van der Waals surface area contributed by atoms with Crippen molar-refractivity contribution in [2.45, 2.75) is 84.0 Å². The van der Waals surface area contributed by atoms with Crippen LogP contribution in [0.5, 0.6) is 0 Å². The minimum Gasteiger partial charge on any atom is -0.456 e. The first-order valence-corrected chi connectivity index (χ1v) is 25.0. The zero-order valence-electron chi connectivity index (χ0n) is 41.4. The van der Waals surface area contributed by atoms with E-state index in [1.807, 2.05) is 0 Å². The topological polar surface area (TPSA) is 29.5 Å². The molecule has 2 heterocycles. The summed E-state index contributed by atoms with van der Waals surface area (Å²) in [5, 5.41) is 4.76. The molecule has 0 atom stereocenters. The van der Waals surface area contributed by atoms with Gasteiger partial charge in [0.2, 0.25) is 0 Å². The number of nitrogens with zero attached hydrogens (tertiary/aromatic N) is 1. The van der Waals surface area contributed by atoms with E-state index >= 15 is 0 Å². The molecule has 3 aliphatic rings. The SMILES string of the molecule is CC(C)(C)c1ccc(-c2cc3c(c4c2oc2ccccc24)-c2ccc(N(c4ccccc4)c4ccc5c(c4)C(C)(C)c4cc6c(cc4-5)C(C)(C)c4ccc5oc7ccccc7c5c4-6)cc2C3(C)C)cc1. The molecule has 0 fully saturated rings. The Balaban J connectivity index is 0.913. The number of furan rings is 2. The number of fused-ring (bicyclic) bond motifs is 17. The highest BCUT2D eigenvalue weighted by Gasteiger charge is 2.44. The van der Waals surface area contributed by atoms with Gasteiger partial charge in [-0.05, 0) is 156 Å². The van der Waals surface area contributed by atoms with E-state index in [0.29, 0.717) is 0 Å². The zero-order chi connectivity index (χ0) is 47.8. The Labute approximate surface area is 410 Å². The summed E-state index contributed by atoms with van der Waals surface area (Å²) in [6.07, 6.45) is 0. The molecule has 0 saturated carbocycles. The summed E-state index contributed by atoms with van der Waals surface area (Å²) in [7, 11) is 0. The van der Waals surface area contributed by atoms with E-state index in [1.54, 1.807) is 0 Å². The maximum absolute atomic E-state index is 6.86. The quantitative estimate of drug-likeness (QED) is 0.176. The lowest BCUT2D eigenvalue weighted by Crippen LogP contribution is -2.18. The van der Waals surface area contributed by atoms with Crippen LogP contribution in [-0.4, -0.2) is 0 Å². The molecule has 0 spiro atoms. The first-order valence-electron chi connectivity index (χ1n) is 25.0. The highest BCUT2D eigenvalue weighted by atomic mass is 16.3. The minimum absolute atomic E-state index is 0.0666. The first-order chi connectivity index (χ1) is 33.6. The molecule has 0 aliphatic heterocycles. The Morgan fingerprint density at radius 2 is 0.900 bits per heavy atom. The van der Waals surface area contributed by atoms with Crippen LogP contribution in [0.3, 0.4) is 0 Å². The lowest BCUT2D eigenvalue weighted by molar-refractivity contribution is 0.590. The Morgan fingerprint density at radius 1 is 0.371 bits per heavy atom. The molecule has 11 aromatic rings. The fraction of sp³-hybridized carbons (Fsp3) is 0.194. The second kappa shape index (κ2) is 13.8. The van der Waals surface area contributed by atoms with E-state index in [2.05, 4.69) is 237 Å². The Bertz CT molecular complexity index is 4050. The van der Waals surface area contributed by atoms with Crippen molar-refractivity contribution in [3.05, 3.63) is 209 Å². The van der Waals surface area contributed by atoms with Crippen molar-refractivity contribution in [1.29, 1.82) is 0 Å². The molecule has 0 N–H and O–H groups in total. The van der Waals surface area contributed by atoms with Gasteiger partial charge in [-0.2, -0.15) is 0 Å². The smallest absolute Gasteiger partial charge is 0.143 e. The second-order valence-corrected chi connectivity index (χ2v) is 22.9. The molecule has 0 saturated heterocycles. The largest absolute Gasteiger partial charge is 0.456 e. The van der Waals surface area contributed by atoms with Gasteiger partial charge < -0.3 is 13.7 Å². The summed E-state index contributed by atoms with van der Waals surface area (Å²) in [5.41, 5.74) is 26.1. The van der Waals surface area contributed by atoms with Gasteiger partial charge in [0.25, 0.3) is 0 Å². The molecular weight excluding hydrogens is 851 g/mol. The molecule has 3 heteroatoms. The third-order valence-corrected chi connectivity index (χ3v) is 16.8. The van der Waals surface area contributed by atoms with Crippen LogP contribution in [-0.2, 0) is 21.7 Å². The van der Waals surface area contributed by atoms with Crippen LogP contribution in [0.15, 0.2) is 179 Å². The monoisotopic (exact) mass is 905 g/mol. The van der Waals surface area contributed by atoms with Gasteiger partial charge in [0.15, 0.2) is 0 Å². The van der Waals surface area contributed by atoms with Crippen molar-refractivity contribution in [1.82, 2.24) is 0 Å². The van der Waals surface area contributed by atoms with E-state index in [4.69, 9.17) is 8.83 Å².